The van der Waals surface area contributed by atoms with E-state index in [1.807, 2.05) is 60.8 Å². The summed E-state index contributed by atoms with van der Waals surface area (Å²) in [5, 5.41) is 6.50. The molecule has 0 aliphatic heterocycles. The van der Waals surface area contributed by atoms with Crippen LogP contribution in [0.5, 0.6) is 11.9 Å². The number of aromatic nitrogens is 4. The molecule has 9 nitrogen and oxygen atoms in total. The molecule has 1 N–H and O–H groups in total. The number of ether oxygens (including phenoxy) is 2. The van der Waals surface area contributed by atoms with Crippen LogP contribution in [0.25, 0.3) is 21.6 Å². The first kappa shape index (κ1) is 29.3. The van der Waals surface area contributed by atoms with Gasteiger partial charge in [0.05, 0.1) is 10.5 Å². The average Bonchev–Trinajstić information content (AvgIpc) is 3.60. The van der Waals surface area contributed by atoms with Crippen LogP contribution in [0, 0.1) is 6.92 Å². The fraction of sp³-hybridized carbons (Fsp3) is 0.258. The van der Waals surface area contributed by atoms with Crippen molar-refractivity contribution in [2.24, 2.45) is 7.05 Å². The third-order valence-electron chi connectivity index (χ3n) is 6.60. The van der Waals surface area contributed by atoms with E-state index in [9.17, 15) is 8.42 Å². The van der Waals surface area contributed by atoms with Gasteiger partial charge in [-0.1, -0.05) is 68.8 Å². The number of hydrogen-bond acceptors (Lipinski definition) is 8. The van der Waals surface area contributed by atoms with Crippen LogP contribution >= 0.6 is 11.3 Å². The van der Waals surface area contributed by atoms with Crippen molar-refractivity contribution in [2.45, 2.75) is 38.0 Å². The van der Waals surface area contributed by atoms with Crippen LogP contribution in [-0.2, 0) is 22.5 Å². The highest BCUT2D eigenvalue weighted by atomic mass is 32.2. The van der Waals surface area contributed by atoms with Crippen LogP contribution < -0.4 is 14.2 Å². The lowest BCUT2D eigenvalue weighted by Crippen LogP contribution is -2.17. The zero-order valence-corrected chi connectivity index (χ0v) is 25.8. The maximum Gasteiger partial charge on any atom is 0.316 e. The second-order valence-corrected chi connectivity index (χ2v) is 13.5. The summed E-state index contributed by atoms with van der Waals surface area (Å²) >= 11 is 1.61. The van der Waals surface area contributed by atoms with Gasteiger partial charge in [-0.2, -0.15) is 0 Å². The highest BCUT2D eigenvalue weighted by Crippen LogP contribution is 2.38. The first-order valence-electron chi connectivity index (χ1n) is 13.4. The van der Waals surface area contributed by atoms with Crippen molar-refractivity contribution in [3.05, 3.63) is 89.6 Å². The Balaban J connectivity index is 1.34. The molecule has 0 radical (unpaired) electrons. The summed E-state index contributed by atoms with van der Waals surface area (Å²) in [5.74, 6) is 0.571. The molecule has 0 spiro atoms. The Hall–Kier alpha value is -4.22. The minimum absolute atomic E-state index is 0.0912. The molecule has 0 saturated heterocycles. The van der Waals surface area contributed by atoms with Crippen molar-refractivity contribution in [2.75, 3.05) is 17.9 Å². The van der Waals surface area contributed by atoms with E-state index >= 15 is 0 Å². The topological polar surface area (TPSA) is 108 Å². The zero-order valence-electron chi connectivity index (χ0n) is 24.2. The van der Waals surface area contributed by atoms with E-state index in [0.29, 0.717) is 11.4 Å². The molecule has 0 saturated carbocycles. The van der Waals surface area contributed by atoms with E-state index in [4.69, 9.17) is 9.47 Å². The van der Waals surface area contributed by atoms with Gasteiger partial charge < -0.3 is 9.47 Å². The molecule has 5 rings (SSSR count). The quantitative estimate of drug-likeness (QED) is 0.182. The molecule has 2 aromatic carbocycles. The number of hydrogen-bond donors (Lipinski definition) is 1. The lowest BCUT2D eigenvalue weighted by atomic mass is 9.87. The first-order chi connectivity index (χ1) is 20.0. The SMILES string of the molecule is Cc1ccc(-c2c(OCCOc3ncc(-c4cccs4)cn3)nn(C)c2NS(=O)(=O)c2ccc(C(C)(C)C)cc2)cc1. The van der Waals surface area contributed by atoms with E-state index in [2.05, 4.69) is 40.6 Å². The summed E-state index contributed by atoms with van der Waals surface area (Å²) < 4.78 is 42.8. The molecule has 3 heterocycles. The minimum Gasteiger partial charge on any atom is -0.472 e. The average molecular weight is 604 g/mol. The van der Waals surface area contributed by atoms with E-state index in [1.165, 1.54) is 4.68 Å². The summed E-state index contributed by atoms with van der Waals surface area (Å²) in [7, 11) is -2.24. The van der Waals surface area contributed by atoms with Gasteiger partial charge in [0.2, 0.25) is 5.88 Å². The van der Waals surface area contributed by atoms with E-state index in [0.717, 1.165) is 27.1 Å². The van der Waals surface area contributed by atoms with E-state index in [-0.39, 0.29) is 35.4 Å². The molecule has 42 heavy (non-hydrogen) atoms. The smallest absolute Gasteiger partial charge is 0.316 e. The minimum atomic E-state index is -3.91. The maximum atomic E-state index is 13.5. The molecular formula is C31H33N5O4S2. The summed E-state index contributed by atoms with van der Waals surface area (Å²) in [6.45, 7) is 8.55. The predicted octanol–water partition coefficient (Wildman–Crippen LogP) is 6.47. The second-order valence-electron chi connectivity index (χ2n) is 10.8. The third kappa shape index (κ3) is 6.63. The lowest BCUT2D eigenvalue weighted by molar-refractivity contribution is 0.201. The molecule has 0 fully saturated rings. The summed E-state index contributed by atoms with van der Waals surface area (Å²) in [6, 6.07) is 18.9. The van der Waals surface area contributed by atoms with Gasteiger partial charge in [0, 0.05) is 29.9 Å². The molecule has 0 bridgehead atoms. The molecule has 0 aliphatic carbocycles. The molecule has 0 unspecified atom stereocenters. The zero-order chi connectivity index (χ0) is 29.9. The monoisotopic (exact) mass is 603 g/mol. The molecule has 3 aromatic heterocycles. The standard InChI is InChI=1S/C31H33N5O4S2/c1-21-8-10-22(11-9-21)27-28(35-42(37,38)25-14-12-24(13-15-25)31(2,3)4)36(5)34-29(27)39-16-17-40-30-32-19-23(20-33-30)26-7-6-18-41-26/h6-15,18-20,35H,16-17H2,1-5H3. The van der Waals surface area contributed by atoms with Gasteiger partial charge >= 0.3 is 6.01 Å². The van der Waals surface area contributed by atoms with Crippen LogP contribution in [0.4, 0.5) is 5.82 Å². The normalized spacial score (nSPS) is 11.8. The van der Waals surface area contributed by atoms with Crippen molar-refractivity contribution in [1.82, 2.24) is 19.7 Å². The van der Waals surface area contributed by atoms with Crippen LogP contribution in [0.1, 0.15) is 31.9 Å². The summed E-state index contributed by atoms with van der Waals surface area (Å²) in [5.41, 5.74) is 4.24. The van der Waals surface area contributed by atoms with Crippen LogP contribution in [0.15, 0.2) is 83.3 Å². The van der Waals surface area contributed by atoms with Crippen LogP contribution in [0.3, 0.4) is 0 Å². The molecule has 11 heteroatoms. The Bertz CT molecular complexity index is 1740. The number of aryl methyl sites for hydroxylation is 2. The second kappa shape index (κ2) is 11.9. The lowest BCUT2D eigenvalue weighted by Gasteiger charge is -2.19. The van der Waals surface area contributed by atoms with Crippen LogP contribution in [-0.4, -0.2) is 41.4 Å². The number of benzene rings is 2. The molecular weight excluding hydrogens is 571 g/mol. The van der Waals surface area contributed by atoms with Crippen molar-refractivity contribution in [1.29, 1.82) is 0 Å². The number of rotatable bonds is 10. The summed E-state index contributed by atoms with van der Waals surface area (Å²) in [6.07, 6.45) is 3.44. The Kier molecular flexibility index (Phi) is 8.33. The summed E-state index contributed by atoms with van der Waals surface area (Å²) in [4.78, 5) is 9.80. The van der Waals surface area contributed by atoms with Crippen molar-refractivity contribution in [3.63, 3.8) is 0 Å². The Morgan fingerprint density at radius 2 is 1.57 bits per heavy atom. The van der Waals surface area contributed by atoms with Gasteiger partial charge in [-0.3, -0.25) is 4.72 Å². The first-order valence-corrected chi connectivity index (χ1v) is 15.8. The van der Waals surface area contributed by atoms with Gasteiger partial charge in [0.1, 0.15) is 19.0 Å². The molecule has 0 amide bonds. The maximum absolute atomic E-state index is 13.5. The van der Waals surface area contributed by atoms with Gasteiger partial charge in [0.25, 0.3) is 10.0 Å². The highest BCUT2D eigenvalue weighted by molar-refractivity contribution is 7.92. The number of nitrogens with one attached hydrogen (secondary N) is 1. The number of anilines is 1. The highest BCUT2D eigenvalue weighted by Gasteiger charge is 2.25. The van der Waals surface area contributed by atoms with Gasteiger partial charge in [-0.05, 0) is 47.0 Å². The molecule has 0 atom stereocenters. The van der Waals surface area contributed by atoms with Crippen molar-refractivity contribution < 1.29 is 17.9 Å². The largest absolute Gasteiger partial charge is 0.472 e. The third-order valence-corrected chi connectivity index (χ3v) is 8.88. The van der Waals surface area contributed by atoms with Gasteiger partial charge in [-0.15, -0.1) is 16.4 Å². The van der Waals surface area contributed by atoms with Gasteiger partial charge in [-0.25, -0.2) is 23.1 Å². The number of sulfonamides is 1. The fourth-order valence-electron chi connectivity index (χ4n) is 4.25. The van der Waals surface area contributed by atoms with Crippen molar-refractivity contribution >= 4 is 27.2 Å². The predicted molar refractivity (Wildman–Crippen MR) is 166 cm³/mol. The number of nitrogens with zero attached hydrogens (tertiary/aromatic N) is 4. The Labute approximate surface area is 250 Å². The van der Waals surface area contributed by atoms with Gasteiger partial charge in [0.15, 0.2) is 0 Å². The molecule has 5 aromatic rings. The fourth-order valence-corrected chi connectivity index (χ4v) is 6.05. The number of thiophene rings is 1. The van der Waals surface area contributed by atoms with E-state index in [1.54, 1.807) is 42.9 Å². The Morgan fingerprint density at radius 3 is 2.19 bits per heavy atom. The Morgan fingerprint density at radius 1 is 0.905 bits per heavy atom. The van der Waals surface area contributed by atoms with Crippen LogP contribution in [0.2, 0.25) is 0 Å². The van der Waals surface area contributed by atoms with E-state index < -0.39 is 10.0 Å². The molecule has 218 valence electrons. The molecule has 0 aliphatic rings. The van der Waals surface area contributed by atoms with Crippen molar-refractivity contribution in [3.8, 4) is 33.5 Å².